The first-order chi connectivity index (χ1) is 10.7. The molecule has 118 valence electrons. The van der Waals surface area contributed by atoms with Gasteiger partial charge in [-0.3, -0.25) is 0 Å². The molecule has 1 unspecified atom stereocenters. The van der Waals surface area contributed by atoms with Gasteiger partial charge in [-0.25, -0.2) is 0 Å². The Morgan fingerprint density at radius 2 is 1.73 bits per heavy atom. The van der Waals surface area contributed by atoms with Gasteiger partial charge in [0, 0.05) is 0 Å². The third-order valence-electron chi connectivity index (χ3n) is 4.33. The summed E-state index contributed by atoms with van der Waals surface area (Å²) in [4.78, 5) is 0. The summed E-state index contributed by atoms with van der Waals surface area (Å²) < 4.78 is 0. The molecule has 0 radical (unpaired) electrons. The third-order valence-corrected chi connectivity index (χ3v) is 4.33. The zero-order valence-electron chi connectivity index (χ0n) is 14.0. The van der Waals surface area contributed by atoms with E-state index in [0.717, 1.165) is 5.92 Å². The Morgan fingerprint density at radius 1 is 1.00 bits per heavy atom. The topological polar surface area (TPSA) is 12.0 Å². The van der Waals surface area contributed by atoms with Gasteiger partial charge in [0.25, 0.3) is 0 Å². The molecule has 2 aliphatic rings. The van der Waals surface area contributed by atoms with Crippen LogP contribution in [0, 0.1) is 18.8 Å². The van der Waals surface area contributed by atoms with Gasteiger partial charge in [-0.05, 0) is 58.0 Å². The number of hydrogen-bond acceptors (Lipinski definition) is 1. The lowest BCUT2D eigenvalue weighted by Gasteiger charge is -2.24. The fraction of sp³-hybridized carbons (Fsp3) is 0.429. The zero-order valence-corrected chi connectivity index (χ0v) is 14.0. The monoisotopic (exact) mass is 295 g/mol. The molecule has 1 atom stereocenters. The van der Waals surface area contributed by atoms with Crippen LogP contribution in [0.1, 0.15) is 31.7 Å². The first-order valence-electron chi connectivity index (χ1n) is 8.49. The van der Waals surface area contributed by atoms with Gasteiger partial charge >= 0.3 is 0 Å². The average Bonchev–Trinajstić information content (AvgIpc) is 2.74. The molecule has 0 bridgehead atoms. The van der Waals surface area contributed by atoms with Crippen molar-refractivity contribution >= 4 is 0 Å². The van der Waals surface area contributed by atoms with Crippen molar-refractivity contribution in [2.24, 2.45) is 11.8 Å². The van der Waals surface area contributed by atoms with Crippen molar-refractivity contribution in [3.63, 3.8) is 0 Å². The Kier molecular flexibility index (Phi) is 7.18. The molecule has 1 aromatic rings. The molecule has 1 heteroatoms. The number of piperidine rings is 1. The van der Waals surface area contributed by atoms with Gasteiger partial charge in [-0.1, -0.05) is 71.8 Å². The van der Waals surface area contributed by atoms with Crippen molar-refractivity contribution in [2.75, 3.05) is 13.1 Å². The van der Waals surface area contributed by atoms with E-state index in [2.05, 4.69) is 61.7 Å². The number of nitrogens with one attached hydrogen (secondary N) is 1. The Labute approximate surface area is 135 Å². The highest BCUT2D eigenvalue weighted by atomic mass is 14.9. The lowest BCUT2D eigenvalue weighted by atomic mass is 9.87. The normalized spacial score (nSPS) is 21.5. The average molecular weight is 295 g/mol. The molecular formula is C21H29N. The van der Waals surface area contributed by atoms with E-state index in [-0.39, 0.29) is 0 Å². The second-order valence-electron chi connectivity index (χ2n) is 6.40. The van der Waals surface area contributed by atoms with Crippen LogP contribution in [0.25, 0.3) is 0 Å². The van der Waals surface area contributed by atoms with E-state index in [4.69, 9.17) is 0 Å². The molecule has 0 saturated carbocycles. The van der Waals surface area contributed by atoms with Crippen LogP contribution in [-0.2, 0) is 0 Å². The predicted octanol–water partition coefficient (Wildman–Crippen LogP) is 5.06. The van der Waals surface area contributed by atoms with Gasteiger partial charge in [-0.15, -0.1) is 0 Å². The molecule has 1 fully saturated rings. The molecule has 0 spiro atoms. The summed E-state index contributed by atoms with van der Waals surface area (Å²) in [6.45, 7) is 6.66. The second kappa shape index (κ2) is 9.42. The van der Waals surface area contributed by atoms with Crippen molar-refractivity contribution in [3.05, 3.63) is 71.8 Å². The summed E-state index contributed by atoms with van der Waals surface area (Å²) in [5.74, 6) is 1.57. The minimum Gasteiger partial charge on any atom is -0.317 e. The van der Waals surface area contributed by atoms with Crippen LogP contribution in [0.5, 0.6) is 0 Å². The highest BCUT2D eigenvalue weighted by Gasteiger charge is 2.15. The predicted molar refractivity (Wildman–Crippen MR) is 96.9 cm³/mol. The molecule has 3 rings (SSSR count). The molecule has 1 aliphatic carbocycles. The maximum absolute atomic E-state index is 3.43. The Balaban J connectivity index is 0.000000211. The molecule has 1 saturated heterocycles. The fourth-order valence-corrected chi connectivity index (χ4v) is 2.94. The number of aryl methyl sites for hydroxylation is 1. The summed E-state index contributed by atoms with van der Waals surface area (Å²) in [6.07, 6.45) is 15.4. The second-order valence-corrected chi connectivity index (χ2v) is 6.40. The molecule has 1 N–H and O–H groups in total. The van der Waals surface area contributed by atoms with Crippen LogP contribution in [0.2, 0.25) is 0 Å². The Bertz CT molecular complexity index is 504. The first-order valence-corrected chi connectivity index (χ1v) is 8.49. The maximum Gasteiger partial charge on any atom is -0.00445 e. The van der Waals surface area contributed by atoms with Crippen molar-refractivity contribution in [2.45, 2.75) is 33.1 Å². The summed E-state index contributed by atoms with van der Waals surface area (Å²) >= 11 is 0. The smallest absolute Gasteiger partial charge is 0.00445 e. The third kappa shape index (κ3) is 6.44. The van der Waals surface area contributed by atoms with Crippen LogP contribution in [0.4, 0.5) is 0 Å². The summed E-state index contributed by atoms with van der Waals surface area (Å²) in [5.41, 5.74) is 2.68. The lowest BCUT2D eigenvalue weighted by molar-refractivity contribution is 0.338. The molecular weight excluding hydrogens is 266 g/mol. The van der Waals surface area contributed by atoms with Crippen LogP contribution < -0.4 is 5.32 Å². The highest BCUT2D eigenvalue weighted by Crippen LogP contribution is 2.24. The van der Waals surface area contributed by atoms with Gasteiger partial charge in [0.15, 0.2) is 0 Å². The Morgan fingerprint density at radius 3 is 2.36 bits per heavy atom. The van der Waals surface area contributed by atoms with Gasteiger partial charge in [0.05, 0.1) is 0 Å². The number of allylic oxidation sites excluding steroid dienone is 6. The quantitative estimate of drug-likeness (QED) is 0.804. The van der Waals surface area contributed by atoms with E-state index in [9.17, 15) is 0 Å². The van der Waals surface area contributed by atoms with Crippen LogP contribution in [0.15, 0.2) is 66.3 Å². The van der Waals surface area contributed by atoms with Gasteiger partial charge in [-0.2, -0.15) is 0 Å². The largest absolute Gasteiger partial charge is 0.317 e. The summed E-state index contributed by atoms with van der Waals surface area (Å²) in [5, 5.41) is 3.43. The van der Waals surface area contributed by atoms with E-state index >= 15 is 0 Å². The van der Waals surface area contributed by atoms with Gasteiger partial charge in [0.1, 0.15) is 0 Å². The van der Waals surface area contributed by atoms with Crippen molar-refractivity contribution in [1.29, 1.82) is 0 Å². The van der Waals surface area contributed by atoms with E-state index in [0.29, 0.717) is 5.92 Å². The standard InChI is InChI=1S/C14H21N.C7H8/c1-12-3-2-4-13(6-5-12)11-14-7-9-15-10-8-14;1-7-5-3-2-4-6-7/h2-6,13-15H,7-11H2,1H3;2-6H,1H3. The number of hydrogen-bond donors (Lipinski definition) is 1. The number of benzene rings is 1. The first kappa shape index (κ1) is 16.8. The fourth-order valence-electron chi connectivity index (χ4n) is 2.94. The van der Waals surface area contributed by atoms with Crippen molar-refractivity contribution < 1.29 is 0 Å². The van der Waals surface area contributed by atoms with Crippen molar-refractivity contribution in [1.82, 2.24) is 5.32 Å². The van der Waals surface area contributed by atoms with Crippen molar-refractivity contribution in [3.8, 4) is 0 Å². The molecule has 1 heterocycles. The van der Waals surface area contributed by atoms with E-state index < -0.39 is 0 Å². The van der Waals surface area contributed by atoms with E-state index in [1.807, 2.05) is 18.2 Å². The lowest BCUT2D eigenvalue weighted by Crippen LogP contribution is -2.28. The molecule has 22 heavy (non-hydrogen) atoms. The molecule has 1 aliphatic heterocycles. The minimum atomic E-state index is 0.654. The van der Waals surface area contributed by atoms with E-state index in [1.165, 1.54) is 43.5 Å². The number of rotatable bonds is 2. The molecule has 1 nitrogen and oxygen atoms in total. The van der Waals surface area contributed by atoms with Crippen LogP contribution >= 0.6 is 0 Å². The molecule has 0 amide bonds. The summed E-state index contributed by atoms with van der Waals surface area (Å²) in [6, 6.07) is 10.3. The van der Waals surface area contributed by atoms with Gasteiger partial charge in [0.2, 0.25) is 0 Å². The SMILES string of the molecule is CC1=CC=CC(CC2CCNCC2)C=C1.Cc1ccccc1. The maximum atomic E-state index is 3.43. The Hall–Kier alpha value is -1.60. The van der Waals surface area contributed by atoms with Gasteiger partial charge < -0.3 is 5.32 Å². The summed E-state index contributed by atoms with van der Waals surface area (Å²) in [7, 11) is 0. The zero-order chi connectivity index (χ0) is 15.6. The molecule has 0 aromatic heterocycles. The molecule has 1 aromatic carbocycles. The van der Waals surface area contributed by atoms with Crippen LogP contribution in [-0.4, -0.2) is 13.1 Å². The minimum absolute atomic E-state index is 0.654. The highest BCUT2D eigenvalue weighted by molar-refractivity contribution is 5.27. The van der Waals surface area contributed by atoms with E-state index in [1.54, 1.807) is 0 Å². The van der Waals surface area contributed by atoms with Crippen LogP contribution in [0.3, 0.4) is 0 Å².